The predicted molar refractivity (Wildman–Crippen MR) is 74.2 cm³/mol. The van der Waals surface area contributed by atoms with Gasteiger partial charge in [-0.15, -0.1) is 0 Å². The molecule has 6 heteroatoms. The van der Waals surface area contributed by atoms with Crippen LogP contribution in [0, 0.1) is 0 Å². The summed E-state index contributed by atoms with van der Waals surface area (Å²) in [7, 11) is 0. The number of thiocarbonyl (C=S) groups is 1. The third-order valence-electron chi connectivity index (χ3n) is 2.19. The van der Waals surface area contributed by atoms with E-state index >= 15 is 0 Å². The molecule has 0 unspecified atom stereocenters. The number of rotatable bonds is 4. The van der Waals surface area contributed by atoms with Gasteiger partial charge in [-0.3, -0.25) is 9.97 Å². The Kier molecular flexibility index (Phi) is 4.54. The zero-order valence-corrected chi connectivity index (χ0v) is 10.5. The Balaban J connectivity index is 1.73. The van der Waals surface area contributed by atoms with Crippen molar-refractivity contribution in [2.24, 2.45) is 0 Å². The molecule has 0 bridgehead atoms. The van der Waals surface area contributed by atoms with E-state index in [1.54, 1.807) is 24.8 Å². The first-order chi connectivity index (χ1) is 8.84. The molecule has 0 fully saturated rings. The van der Waals surface area contributed by atoms with Crippen LogP contribution in [0.1, 0.15) is 5.69 Å². The zero-order valence-electron chi connectivity index (χ0n) is 9.71. The molecule has 2 heterocycles. The summed E-state index contributed by atoms with van der Waals surface area (Å²) in [6.45, 7) is 0.706. The Morgan fingerprint density at radius 3 is 2.83 bits per heavy atom. The highest BCUT2D eigenvalue weighted by Gasteiger charge is 1.98. The Hall–Kier alpha value is -2.08. The lowest BCUT2D eigenvalue weighted by atomic mass is 10.3. The van der Waals surface area contributed by atoms with Crippen LogP contribution in [-0.2, 0) is 6.42 Å². The highest BCUT2D eigenvalue weighted by atomic mass is 32.1. The SMILES string of the molecule is S=C(NCCc1cnccn1)Nc1ccccn1. The number of hydrogen-bond donors (Lipinski definition) is 2. The van der Waals surface area contributed by atoms with Crippen LogP contribution < -0.4 is 10.6 Å². The van der Waals surface area contributed by atoms with Crippen molar-refractivity contribution in [3.05, 3.63) is 48.7 Å². The van der Waals surface area contributed by atoms with Crippen LogP contribution in [0.15, 0.2) is 43.0 Å². The van der Waals surface area contributed by atoms with Gasteiger partial charge in [-0.1, -0.05) is 6.07 Å². The van der Waals surface area contributed by atoms with E-state index < -0.39 is 0 Å². The minimum atomic E-state index is 0.553. The Labute approximate surface area is 111 Å². The molecule has 0 saturated carbocycles. The molecule has 0 amide bonds. The van der Waals surface area contributed by atoms with Gasteiger partial charge in [-0.2, -0.15) is 0 Å². The van der Waals surface area contributed by atoms with Crippen LogP contribution in [0.5, 0.6) is 0 Å². The van der Waals surface area contributed by atoms with E-state index in [-0.39, 0.29) is 0 Å². The Morgan fingerprint density at radius 2 is 2.11 bits per heavy atom. The van der Waals surface area contributed by atoms with Gasteiger partial charge in [0.05, 0.1) is 5.69 Å². The summed E-state index contributed by atoms with van der Waals surface area (Å²) in [4.78, 5) is 12.3. The van der Waals surface area contributed by atoms with Gasteiger partial charge in [0.1, 0.15) is 5.82 Å². The van der Waals surface area contributed by atoms with Crippen molar-refractivity contribution < 1.29 is 0 Å². The second kappa shape index (κ2) is 6.61. The molecule has 92 valence electrons. The molecule has 0 aliphatic heterocycles. The summed E-state index contributed by atoms with van der Waals surface area (Å²) in [5, 5.41) is 6.65. The molecular formula is C12H13N5S. The fourth-order valence-corrected chi connectivity index (χ4v) is 1.57. The minimum absolute atomic E-state index is 0.553. The maximum absolute atomic E-state index is 5.15. The topological polar surface area (TPSA) is 62.7 Å². The number of hydrogen-bond acceptors (Lipinski definition) is 4. The predicted octanol–water partition coefficient (Wildman–Crippen LogP) is 1.40. The van der Waals surface area contributed by atoms with Crippen LogP contribution in [-0.4, -0.2) is 26.6 Å². The van der Waals surface area contributed by atoms with Crippen LogP contribution in [0.2, 0.25) is 0 Å². The summed E-state index contributed by atoms with van der Waals surface area (Å²) >= 11 is 5.15. The van der Waals surface area contributed by atoms with Crippen molar-refractivity contribution in [2.45, 2.75) is 6.42 Å². The van der Waals surface area contributed by atoms with Crippen LogP contribution in [0.25, 0.3) is 0 Å². The van der Waals surface area contributed by atoms with Crippen LogP contribution in [0.4, 0.5) is 5.82 Å². The van der Waals surface area contributed by atoms with E-state index in [1.807, 2.05) is 18.2 Å². The molecule has 18 heavy (non-hydrogen) atoms. The first kappa shape index (κ1) is 12.4. The van der Waals surface area contributed by atoms with E-state index in [0.29, 0.717) is 11.7 Å². The molecule has 0 aliphatic carbocycles. The van der Waals surface area contributed by atoms with Crippen molar-refractivity contribution in [3.8, 4) is 0 Å². The summed E-state index contributed by atoms with van der Waals surface area (Å²) < 4.78 is 0. The molecule has 2 aromatic rings. The molecular weight excluding hydrogens is 246 g/mol. The standard InChI is InChI=1S/C12H13N5S/c18-12(17-11-3-1-2-5-15-11)16-6-4-10-9-13-7-8-14-10/h1-3,5,7-9H,4,6H2,(H2,15,16,17,18). The van der Waals surface area contributed by atoms with Crippen LogP contribution >= 0.6 is 12.2 Å². The van der Waals surface area contributed by atoms with Gasteiger partial charge in [0, 0.05) is 37.8 Å². The van der Waals surface area contributed by atoms with Gasteiger partial charge in [-0.25, -0.2) is 4.98 Å². The molecule has 0 saturated heterocycles. The molecule has 0 atom stereocenters. The highest BCUT2D eigenvalue weighted by Crippen LogP contribution is 1.99. The van der Waals surface area contributed by atoms with Crippen molar-refractivity contribution >= 4 is 23.1 Å². The number of anilines is 1. The Morgan fingerprint density at radius 1 is 1.17 bits per heavy atom. The monoisotopic (exact) mass is 259 g/mol. The maximum atomic E-state index is 5.15. The third-order valence-corrected chi connectivity index (χ3v) is 2.44. The lowest BCUT2D eigenvalue weighted by molar-refractivity contribution is 0.839. The second-order valence-electron chi connectivity index (χ2n) is 3.54. The molecule has 2 aromatic heterocycles. The van der Waals surface area contributed by atoms with Gasteiger partial charge in [-0.05, 0) is 24.4 Å². The van der Waals surface area contributed by atoms with Gasteiger partial charge < -0.3 is 10.6 Å². The van der Waals surface area contributed by atoms with Gasteiger partial charge in [0.2, 0.25) is 0 Å². The summed E-state index contributed by atoms with van der Waals surface area (Å²) in [6.07, 6.45) is 7.57. The van der Waals surface area contributed by atoms with Crippen molar-refractivity contribution in [2.75, 3.05) is 11.9 Å². The minimum Gasteiger partial charge on any atom is -0.362 e. The van der Waals surface area contributed by atoms with Gasteiger partial charge in [0.15, 0.2) is 5.11 Å². The maximum Gasteiger partial charge on any atom is 0.171 e. The zero-order chi connectivity index (χ0) is 12.6. The molecule has 2 rings (SSSR count). The molecule has 5 nitrogen and oxygen atoms in total. The number of aromatic nitrogens is 3. The van der Waals surface area contributed by atoms with E-state index in [1.165, 1.54) is 0 Å². The number of nitrogens with one attached hydrogen (secondary N) is 2. The molecule has 0 aromatic carbocycles. The largest absolute Gasteiger partial charge is 0.362 e. The fraction of sp³-hybridized carbons (Fsp3) is 0.167. The lowest BCUT2D eigenvalue weighted by Crippen LogP contribution is -2.30. The van der Waals surface area contributed by atoms with Crippen molar-refractivity contribution in [1.82, 2.24) is 20.3 Å². The average molecular weight is 259 g/mol. The second-order valence-corrected chi connectivity index (χ2v) is 3.95. The summed E-state index contributed by atoms with van der Waals surface area (Å²) in [5.74, 6) is 0.731. The fourth-order valence-electron chi connectivity index (χ4n) is 1.36. The van der Waals surface area contributed by atoms with Crippen molar-refractivity contribution in [1.29, 1.82) is 0 Å². The number of pyridine rings is 1. The highest BCUT2D eigenvalue weighted by molar-refractivity contribution is 7.80. The first-order valence-corrected chi connectivity index (χ1v) is 5.96. The molecule has 2 N–H and O–H groups in total. The van der Waals surface area contributed by atoms with Crippen molar-refractivity contribution in [3.63, 3.8) is 0 Å². The smallest absolute Gasteiger partial charge is 0.171 e. The first-order valence-electron chi connectivity index (χ1n) is 5.55. The average Bonchev–Trinajstić information content (AvgIpc) is 2.41. The van der Waals surface area contributed by atoms with E-state index in [0.717, 1.165) is 17.9 Å². The molecule has 0 radical (unpaired) electrons. The third kappa shape index (κ3) is 4.06. The normalized spacial score (nSPS) is 9.78. The quantitative estimate of drug-likeness (QED) is 0.809. The molecule has 0 spiro atoms. The molecule has 0 aliphatic rings. The lowest BCUT2D eigenvalue weighted by Gasteiger charge is -2.09. The van der Waals surface area contributed by atoms with E-state index in [4.69, 9.17) is 12.2 Å². The summed E-state index contributed by atoms with van der Waals surface area (Å²) in [6, 6.07) is 5.61. The van der Waals surface area contributed by atoms with Crippen LogP contribution in [0.3, 0.4) is 0 Å². The summed E-state index contributed by atoms with van der Waals surface area (Å²) in [5.41, 5.74) is 0.936. The van der Waals surface area contributed by atoms with E-state index in [9.17, 15) is 0 Å². The van der Waals surface area contributed by atoms with Gasteiger partial charge in [0.25, 0.3) is 0 Å². The number of nitrogens with zero attached hydrogens (tertiary/aromatic N) is 3. The Bertz CT molecular complexity index is 488. The van der Waals surface area contributed by atoms with Gasteiger partial charge >= 0.3 is 0 Å². The van der Waals surface area contributed by atoms with E-state index in [2.05, 4.69) is 25.6 Å².